The van der Waals surface area contributed by atoms with Crippen molar-refractivity contribution < 1.29 is 39.6 Å². The summed E-state index contributed by atoms with van der Waals surface area (Å²) >= 11 is 0. The molecule has 0 unspecified atom stereocenters. The van der Waals surface area contributed by atoms with Gasteiger partial charge >= 0.3 is 12.4 Å². The lowest BCUT2D eigenvalue weighted by molar-refractivity contribution is -0.143. The Kier molecular flexibility index (Phi) is 5.82. The van der Waals surface area contributed by atoms with E-state index in [-0.39, 0.29) is 50.1 Å². The molecular formula is C17H16F6N4O3S. The molecule has 1 aliphatic rings. The van der Waals surface area contributed by atoms with E-state index in [1.165, 1.54) is 11.0 Å². The third-order valence-corrected chi connectivity index (χ3v) is 6.53. The van der Waals surface area contributed by atoms with Crippen LogP contribution < -0.4 is 0 Å². The highest BCUT2D eigenvalue weighted by atomic mass is 32.2. The molecule has 0 aliphatic carbocycles. The number of benzene rings is 1. The Balaban J connectivity index is 1.85. The molecule has 0 spiro atoms. The first-order valence-electron chi connectivity index (χ1n) is 8.80. The molecule has 1 amide bonds. The van der Waals surface area contributed by atoms with Gasteiger partial charge in [0.25, 0.3) is 5.91 Å². The van der Waals surface area contributed by atoms with Crippen molar-refractivity contribution in [1.29, 1.82) is 0 Å². The SMILES string of the molecule is Cc1cc(C(=O)N2CCN(S(=O)(=O)c3cc(C(F)(F)F)cc(C(F)(F)F)c3)CC2)n[nH]1. The number of piperazine rings is 1. The van der Waals surface area contributed by atoms with Gasteiger partial charge in [-0.05, 0) is 31.2 Å². The molecule has 0 radical (unpaired) electrons. The maximum absolute atomic E-state index is 13.0. The van der Waals surface area contributed by atoms with Gasteiger partial charge in [0.1, 0.15) is 5.69 Å². The summed E-state index contributed by atoms with van der Waals surface area (Å²) in [6, 6.07) is 1.71. The number of nitrogens with zero attached hydrogens (tertiary/aromatic N) is 3. The average Bonchev–Trinajstić information content (AvgIpc) is 3.12. The van der Waals surface area contributed by atoms with Crippen molar-refractivity contribution in [1.82, 2.24) is 19.4 Å². The molecule has 1 saturated heterocycles. The minimum Gasteiger partial charge on any atom is -0.335 e. The van der Waals surface area contributed by atoms with Crippen molar-refractivity contribution in [2.24, 2.45) is 0 Å². The molecule has 31 heavy (non-hydrogen) atoms. The van der Waals surface area contributed by atoms with Crippen molar-refractivity contribution in [2.45, 2.75) is 24.2 Å². The van der Waals surface area contributed by atoms with Crippen molar-refractivity contribution in [3.8, 4) is 0 Å². The van der Waals surface area contributed by atoms with Crippen molar-refractivity contribution in [3.05, 3.63) is 46.8 Å². The Morgan fingerprint density at radius 2 is 1.45 bits per heavy atom. The molecule has 1 N–H and O–H groups in total. The number of hydrogen-bond acceptors (Lipinski definition) is 4. The van der Waals surface area contributed by atoms with Crippen LogP contribution >= 0.6 is 0 Å². The van der Waals surface area contributed by atoms with Crippen molar-refractivity contribution in [2.75, 3.05) is 26.2 Å². The van der Waals surface area contributed by atoms with Crippen LogP contribution in [0.25, 0.3) is 0 Å². The zero-order chi connectivity index (χ0) is 23.2. The molecule has 3 rings (SSSR count). The molecule has 0 atom stereocenters. The summed E-state index contributed by atoms with van der Waals surface area (Å²) in [4.78, 5) is 12.6. The number of carbonyl (C=O) groups is 1. The number of aryl methyl sites for hydroxylation is 1. The normalized spacial score (nSPS) is 16.5. The topological polar surface area (TPSA) is 86.4 Å². The highest BCUT2D eigenvalue weighted by Gasteiger charge is 2.39. The molecule has 1 aliphatic heterocycles. The Bertz CT molecular complexity index is 1050. The fourth-order valence-electron chi connectivity index (χ4n) is 3.05. The van der Waals surface area contributed by atoms with Gasteiger partial charge in [0, 0.05) is 31.9 Å². The van der Waals surface area contributed by atoms with Gasteiger partial charge in [0.2, 0.25) is 10.0 Å². The summed E-state index contributed by atoms with van der Waals surface area (Å²) < 4.78 is 105. The van der Waals surface area contributed by atoms with Crippen LogP contribution in [0.15, 0.2) is 29.2 Å². The first-order chi connectivity index (χ1) is 14.2. The van der Waals surface area contributed by atoms with Crippen LogP contribution in [0.5, 0.6) is 0 Å². The van der Waals surface area contributed by atoms with Crippen LogP contribution in [0.4, 0.5) is 26.3 Å². The van der Waals surface area contributed by atoms with Crippen molar-refractivity contribution in [3.63, 3.8) is 0 Å². The molecule has 14 heteroatoms. The van der Waals surface area contributed by atoms with Crippen LogP contribution in [0.1, 0.15) is 27.3 Å². The average molecular weight is 470 g/mol. The number of rotatable bonds is 3. The summed E-state index contributed by atoms with van der Waals surface area (Å²) in [5.41, 5.74) is -2.69. The summed E-state index contributed by atoms with van der Waals surface area (Å²) in [7, 11) is -4.66. The highest BCUT2D eigenvalue weighted by Crippen LogP contribution is 2.37. The van der Waals surface area contributed by atoms with Gasteiger partial charge < -0.3 is 4.90 Å². The van der Waals surface area contributed by atoms with E-state index >= 15 is 0 Å². The second kappa shape index (κ2) is 7.82. The predicted octanol–water partition coefficient (Wildman–Crippen LogP) is 2.90. The van der Waals surface area contributed by atoms with Crippen LogP contribution in [0.3, 0.4) is 0 Å². The lowest BCUT2D eigenvalue weighted by Crippen LogP contribution is -2.50. The number of carbonyl (C=O) groups excluding carboxylic acids is 1. The number of sulfonamides is 1. The minimum absolute atomic E-state index is 0.102. The maximum Gasteiger partial charge on any atom is 0.416 e. The van der Waals surface area contributed by atoms with E-state index in [2.05, 4.69) is 10.2 Å². The third-order valence-electron chi connectivity index (χ3n) is 4.65. The van der Waals surface area contributed by atoms with Crippen LogP contribution in [-0.4, -0.2) is 59.9 Å². The van der Waals surface area contributed by atoms with Crippen molar-refractivity contribution >= 4 is 15.9 Å². The smallest absolute Gasteiger partial charge is 0.335 e. The number of hydrogen-bond donors (Lipinski definition) is 1. The summed E-state index contributed by atoms with van der Waals surface area (Å²) in [6.07, 6.45) is -10.3. The molecule has 1 aromatic heterocycles. The number of H-pyrrole nitrogens is 1. The molecule has 7 nitrogen and oxygen atoms in total. The lowest BCUT2D eigenvalue weighted by Gasteiger charge is -2.33. The van der Waals surface area contributed by atoms with E-state index in [1.54, 1.807) is 6.92 Å². The first-order valence-corrected chi connectivity index (χ1v) is 10.2. The number of alkyl halides is 6. The quantitative estimate of drug-likeness (QED) is 0.700. The molecular weight excluding hydrogens is 454 g/mol. The third kappa shape index (κ3) is 4.84. The Hall–Kier alpha value is -2.61. The first kappa shape index (κ1) is 23.1. The molecule has 170 valence electrons. The largest absolute Gasteiger partial charge is 0.416 e. The summed E-state index contributed by atoms with van der Waals surface area (Å²) in [5.74, 6) is -0.472. The van der Waals surface area contributed by atoms with E-state index in [0.717, 1.165) is 4.31 Å². The molecule has 2 aromatic rings. The Morgan fingerprint density at radius 3 is 1.87 bits per heavy atom. The zero-order valence-electron chi connectivity index (χ0n) is 15.9. The Labute approximate surface area is 172 Å². The van der Waals surface area contributed by atoms with Crippen LogP contribution in [0, 0.1) is 6.92 Å². The van der Waals surface area contributed by atoms with Gasteiger partial charge in [0.05, 0.1) is 16.0 Å². The Morgan fingerprint density at radius 1 is 0.935 bits per heavy atom. The second-order valence-electron chi connectivity index (χ2n) is 6.87. The second-order valence-corrected chi connectivity index (χ2v) is 8.81. The van der Waals surface area contributed by atoms with Gasteiger partial charge in [-0.2, -0.15) is 35.7 Å². The van der Waals surface area contributed by atoms with Gasteiger partial charge in [-0.1, -0.05) is 0 Å². The molecule has 1 aromatic carbocycles. The van der Waals surface area contributed by atoms with Gasteiger partial charge in [-0.15, -0.1) is 0 Å². The zero-order valence-corrected chi connectivity index (χ0v) is 16.7. The lowest BCUT2D eigenvalue weighted by atomic mass is 10.1. The van der Waals surface area contributed by atoms with E-state index in [0.29, 0.717) is 5.69 Å². The fraction of sp³-hybridized carbons (Fsp3) is 0.412. The van der Waals surface area contributed by atoms with Gasteiger partial charge in [-0.25, -0.2) is 8.42 Å². The van der Waals surface area contributed by atoms with Crippen LogP contribution in [0.2, 0.25) is 0 Å². The van der Waals surface area contributed by atoms with Gasteiger partial charge in [0.15, 0.2) is 0 Å². The van der Waals surface area contributed by atoms with E-state index in [1.807, 2.05) is 0 Å². The van der Waals surface area contributed by atoms with Gasteiger partial charge in [-0.3, -0.25) is 9.89 Å². The predicted molar refractivity (Wildman–Crippen MR) is 94.4 cm³/mol. The molecule has 0 saturated carbocycles. The van der Waals surface area contributed by atoms with E-state index in [4.69, 9.17) is 0 Å². The number of amides is 1. The monoisotopic (exact) mass is 470 g/mol. The fourth-order valence-corrected chi connectivity index (χ4v) is 4.54. The number of nitrogens with one attached hydrogen (secondary N) is 1. The maximum atomic E-state index is 13.0. The highest BCUT2D eigenvalue weighted by molar-refractivity contribution is 7.89. The van der Waals surface area contributed by atoms with E-state index < -0.39 is 44.3 Å². The van der Waals surface area contributed by atoms with Crippen LogP contribution in [-0.2, 0) is 22.4 Å². The summed E-state index contributed by atoms with van der Waals surface area (Å²) in [6.45, 7) is 0.882. The van der Waals surface area contributed by atoms with E-state index in [9.17, 15) is 39.6 Å². The molecule has 1 fully saturated rings. The number of aromatic nitrogens is 2. The standard InChI is InChI=1S/C17H16F6N4O3S/c1-10-6-14(25-24-10)15(28)26-2-4-27(5-3-26)31(29,30)13-8-11(16(18,19)20)7-12(9-13)17(21,22)23/h6-9H,2-5H2,1H3,(H,24,25). The number of halogens is 6. The molecule has 0 bridgehead atoms. The molecule has 2 heterocycles. The summed E-state index contributed by atoms with van der Waals surface area (Å²) in [5, 5.41) is 6.40. The number of aromatic amines is 1. The minimum atomic E-state index is -5.17.